The van der Waals surface area contributed by atoms with Crippen LogP contribution in [0.4, 0.5) is 4.79 Å². The zero-order valence-electron chi connectivity index (χ0n) is 14.7. The maximum absolute atomic E-state index is 12.9. The lowest BCUT2D eigenvalue weighted by Crippen LogP contribution is -2.60. The fourth-order valence-corrected chi connectivity index (χ4v) is 4.05. The summed E-state index contributed by atoms with van der Waals surface area (Å²) in [4.78, 5) is 30.4. The predicted molar refractivity (Wildman–Crippen MR) is 102 cm³/mol. The second-order valence-corrected chi connectivity index (χ2v) is 7.77. The summed E-state index contributed by atoms with van der Waals surface area (Å²) < 4.78 is 0. The SMILES string of the molecule is NC(=O)N1CCN(C(=O)Cc2ccc(Cl)c(Cl)c2)C(CN2CCCC2)C1. The van der Waals surface area contributed by atoms with Gasteiger partial charge in [0.25, 0.3) is 0 Å². The van der Waals surface area contributed by atoms with Crippen molar-refractivity contribution in [1.82, 2.24) is 14.7 Å². The van der Waals surface area contributed by atoms with Crippen molar-refractivity contribution >= 4 is 35.1 Å². The van der Waals surface area contributed by atoms with Gasteiger partial charge in [-0.1, -0.05) is 29.3 Å². The van der Waals surface area contributed by atoms with Crippen molar-refractivity contribution in [2.45, 2.75) is 25.3 Å². The number of hydrogen-bond acceptors (Lipinski definition) is 3. The molecule has 1 aromatic carbocycles. The lowest BCUT2D eigenvalue weighted by molar-refractivity contribution is -0.135. The number of halogens is 2. The summed E-state index contributed by atoms with van der Waals surface area (Å²) >= 11 is 12.0. The van der Waals surface area contributed by atoms with E-state index in [9.17, 15) is 9.59 Å². The summed E-state index contributed by atoms with van der Waals surface area (Å²) in [6.45, 7) is 4.32. The highest BCUT2D eigenvalue weighted by atomic mass is 35.5. The third kappa shape index (κ3) is 4.61. The average molecular weight is 399 g/mol. The number of hydrogen-bond donors (Lipinski definition) is 1. The van der Waals surface area contributed by atoms with Gasteiger partial charge in [0, 0.05) is 26.2 Å². The van der Waals surface area contributed by atoms with Crippen molar-refractivity contribution in [2.75, 3.05) is 39.3 Å². The van der Waals surface area contributed by atoms with E-state index in [-0.39, 0.29) is 18.4 Å². The van der Waals surface area contributed by atoms with E-state index in [0.717, 1.165) is 25.2 Å². The van der Waals surface area contributed by atoms with Gasteiger partial charge in [-0.2, -0.15) is 0 Å². The Labute approximate surface area is 163 Å². The van der Waals surface area contributed by atoms with Gasteiger partial charge in [0.1, 0.15) is 0 Å². The molecule has 6 nitrogen and oxygen atoms in total. The van der Waals surface area contributed by atoms with E-state index in [1.54, 1.807) is 17.0 Å². The minimum absolute atomic E-state index is 0.0374. The summed E-state index contributed by atoms with van der Waals surface area (Å²) in [6, 6.07) is 4.80. The molecule has 2 aliphatic heterocycles. The lowest BCUT2D eigenvalue weighted by atomic mass is 10.1. The van der Waals surface area contributed by atoms with Crippen molar-refractivity contribution in [1.29, 1.82) is 0 Å². The number of primary amides is 1. The molecule has 0 bridgehead atoms. The van der Waals surface area contributed by atoms with Crippen LogP contribution in [0.15, 0.2) is 18.2 Å². The predicted octanol–water partition coefficient (Wildman–Crippen LogP) is 2.22. The highest BCUT2D eigenvalue weighted by molar-refractivity contribution is 6.42. The van der Waals surface area contributed by atoms with Crippen molar-refractivity contribution in [3.8, 4) is 0 Å². The molecule has 2 fully saturated rings. The second kappa shape index (κ2) is 8.46. The minimum atomic E-state index is -0.423. The van der Waals surface area contributed by atoms with Crippen molar-refractivity contribution < 1.29 is 9.59 Å². The fraction of sp³-hybridized carbons (Fsp3) is 0.556. The Morgan fingerprint density at radius 2 is 1.81 bits per heavy atom. The van der Waals surface area contributed by atoms with Crippen LogP contribution in [0.2, 0.25) is 10.0 Å². The average Bonchev–Trinajstić information content (AvgIpc) is 3.11. The number of nitrogens with zero attached hydrogens (tertiary/aromatic N) is 3. The first-order valence-electron chi connectivity index (χ1n) is 8.94. The molecule has 0 radical (unpaired) electrons. The van der Waals surface area contributed by atoms with E-state index in [1.165, 1.54) is 12.8 Å². The van der Waals surface area contributed by atoms with Crippen LogP contribution in [0.3, 0.4) is 0 Å². The second-order valence-electron chi connectivity index (χ2n) is 6.96. The van der Waals surface area contributed by atoms with Gasteiger partial charge in [-0.15, -0.1) is 0 Å². The molecule has 0 aliphatic carbocycles. The highest BCUT2D eigenvalue weighted by Crippen LogP contribution is 2.23. The summed E-state index contributed by atoms with van der Waals surface area (Å²) in [7, 11) is 0. The molecule has 1 atom stereocenters. The smallest absolute Gasteiger partial charge is 0.314 e. The Hall–Kier alpha value is -1.50. The fourth-order valence-electron chi connectivity index (χ4n) is 3.73. The van der Waals surface area contributed by atoms with Crippen LogP contribution >= 0.6 is 23.2 Å². The van der Waals surface area contributed by atoms with Gasteiger partial charge in [-0.3, -0.25) is 4.79 Å². The first kappa shape index (κ1) is 19.3. The number of amides is 3. The Balaban J connectivity index is 1.70. The number of carbonyl (C=O) groups is 2. The van der Waals surface area contributed by atoms with Crippen molar-refractivity contribution in [2.24, 2.45) is 5.73 Å². The van der Waals surface area contributed by atoms with Crippen LogP contribution in [0.5, 0.6) is 0 Å². The first-order valence-corrected chi connectivity index (χ1v) is 9.70. The minimum Gasteiger partial charge on any atom is -0.351 e. The zero-order chi connectivity index (χ0) is 18.7. The number of urea groups is 1. The summed E-state index contributed by atoms with van der Waals surface area (Å²) in [5.41, 5.74) is 6.29. The van der Waals surface area contributed by atoms with Gasteiger partial charge < -0.3 is 20.4 Å². The summed E-state index contributed by atoms with van der Waals surface area (Å²) in [6.07, 6.45) is 2.64. The molecule has 2 aliphatic rings. The Bertz CT molecular complexity index is 679. The van der Waals surface area contributed by atoms with Gasteiger partial charge in [-0.25, -0.2) is 4.79 Å². The Morgan fingerprint density at radius 1 is 1.08 bits per heavy atom. The van der Waals surface area contributed by atoms with E-state index in [4.69, 9.17) is 28.9 Å². The monoisotopic (exact) mass is 398 g/mol. The van der Waals surface area contributed by atoms with E-state index < -0.39 is 6.03 Å². The zero-order valence-corrected chi connectivity index (χ0v) is 16.2. The van der Waals surface area contributed by atoms with E-state index in [2.05, 4.69) is 4.90 Å². The van der Waals surface area contributed by atoms with Crippen molar-refractivity contribution in [3.63, 3.8) is 0 Å². The van der Waals surface area contributed by atoms with Crippen LogP contribution in [0.1, 0.15) is 18.4 Å². The molecule has 3 amide bonds. The molecule has 2 N–H and O–H groups in total. The normalized spacial score (nSPS) is 21.2. The summed E-state index contributed by atoms with van der Waals surface area (Å²) in [5.74, 6) is 0.0386. The number of likely N-dealkylation sites (tertiary alicyclic amines) is 1. The highest BCUT2D eigenvalue weighted by Gasteiger charge is 2.33. The molecule has 1 aromatic rings. The largest absolute Gasteiger partial charge is 0.351 e. The molecule has 26 heavy (non-hydrogen) atoms. The molecular weight excluding hydrogens is 375 g/mol. The molecule has 0 saturated carbocycles. The Morgan fingerprint density at radius 3 is 2.46 bits per heavy atom. The van der Waals surface area contributed by atoms with Crippen LogP contribution in [0.25, 0.3) is 0 Å². The molecule has 2 heterocycles. The molecule has 142 valence electrons. The van der Waals surface area contributed by atoms with Gasteiger partial charge >= 0.3 is 6.03 Å². The standard InChI is InChI=1S/C18H24Cl2N4O2/c19-15-4-3-13(9-16(15)20)10-17(25)24-8-7-23(18(21)26)12-14(24)11-22-5-1-2-6-22/h3-4,9,14H,1-2,5-8,10-12H2,(H2,21,26). The van der Waals surface area contributed by atoms with Crippen molar-refractivity contribution in [3.05, 3.63) is 33.8 Å². The topological polar surface area (TPSA) is 69.9 Å². The number of rotatable bonds is 4. The first-order chi connectivity index (χ1) is 12.4. The van der Waals surface area contributed by atoms with Gasteiger partial charge in [0.05, 0.1) is 22.5 Å². The maximum atomic E-state index is 12.9. The lowest BCUT2D eigenvalue weighted by Gasteiger charge is -2.42. The molecule has 3 rings (SSSR count). The van der Waals surface area contributed by atoms with Gasteiger partial charge in [-0.05, 0) is 43.6 Å². The van der Waals surface area contributed by atoms with Crippen LogP contribution in [0, 0.1) is 0 Å². The van der Waals surface area contributed by atoms with E-state index in [1.807, 2.05) is 11.0 Å². The quantitative estimate of drug-likeness (QED) is 0.844. The van der Waals surface area contributed by atoms with Gasteiger partial charge in [0.2, 0.25) is 5.91 Å². The Kier molecular flexibility index (Phi) is 6.27. The number of piperazine rings is 1. The van der Waals surface area contributed by atoms with Crippen LogP contribution < -0.4 is 5.73 Å². The molecule has 8 heteroatoms. The molecule has 0 aromatic heterocycles. The van der Waals surface area contributed by atoms with Gasteiger partial charge in [0.15, 0.2) is 0 Å². The molecule has 1 unspecified atom stereocenters. The molecule has 0 spiro atoms. The molecular formula is C18H24Cl2N4O2. The third-order valence-electron chi connectivity index (χ3n) is 5.12. The third-order valence-corrected chi connectivity index (χ3v) is 5.86. The van der Waals surface area contributed by atoms with Crippen LogP contribution in [-0.4, -0.2) is 71.9 Å². The molecule has 2 saturated heterocycles. The van der Waals surface area contributed by atoms with E-state index >= 15 is 0 Å². The summed E-state index contributed by atoms with van der Waals surface area (Å²) in [5, 5.41) is 0.925. The maximum Gasteiger partial charge on any atom is 0.314 e. The number of carbonyl (C=O) groups excluding carboxylic acids is 2. The van der Waals surface area contributed by atoms with E-state index in [0.29, 0.717) is 29.7 Å². The van der Waals surface area contributed by atoms with Crippen LogP contribution in [-0.2, 0) is 11.2 Å². The number of benzene rings is 1. The number of nitrogens with two attached hydrogens (primary N) is 1.